The SMILES string of the molecule is C=CC[C@]1(/C=C/CC)OC(C)(C)OCC1=O. The first-order chi connectivity index (χ1) is 7.46. The van der Waals surface area contributed by atoms with Crippen LogP contribution in [0.5, 0.6) is 0 Å². The van der Waals surface area contributed by atoms with Gasteiger partial charge in [0.05, 0.1) is 0 Å². The normalized spacial score (nSPS) is 29.6. The largest absolute Gasteiger partial charge is 0.343 e. The van der Waals surface area contributed by atoms with Crippen molar-refractivity contribution in [3.63, 3.8) is 0 Å². The van der Waals surface area contributed by atoms with Crippen molar-refractivity contribution in [1.82, 2.24) is 0 Å². The van der Waals surface area contributed by atoms with E-state index in [-0.39, 0.29) is 12.4 Å². The fourth-order valence-corrected chi connectivity index (χ4v) is 1.76. The molecule has 1 aliphatic heterocycles. The molecule has 3 nitrogen and oxygen atoms in total. The molecule has 1 fully saturated rings. The van der Waals surface area contributed by atoms with Crippen molar-refractivity contribution < 1.29 is 14.3 Å². The van der Waals surface area contributed by atoms with Gasteiger partial charge in [0.1, 0.15) is 6.61 Å². The maximum absolute atomic E-state index is 12.0. The number of carbonyl (C=O) groups excluding carboxylic acids is 1. The third-order valence-electron chi connectivity index (χ3n) is 2.52. The second kappa shape index (κ2) is 4.93. The van der Waals surface area contributed by atoms with Crippen molar-refractivity contribution in [1.29, 1.82) is 0 Å². The lowest BCUT2D eigenvalue weighted by molar-refractivity contribution is -0.276. The fourth-order valence-electron chi connectivity index (χ4n) is 1.76. The number of hydrogen-bond donors (Lipinski definition) is 0. The molecule has 1 heterocycles. The lowest BCUT2D eigenvalue weighted by atomic mass is 9.91. The van der Waals surface area contributed by atoms with E-state index in [1.54, 1.807) is 6.08 Å². The lowest BCUT2D eigenvalue weighted by Gasteiger charge is -2.41. The molecule has 0 N–H and O–H groups in total. The summed E-state index contributed by atoms with van der Waals surface area (Å²) in [6.45, 7) is 9.43. The Morgan fingerprint density at radius 3 is 2.75 bits per heavy atom. The van der Waals surface area contributed by atoms with Gasteiger partial charge < -0.3 is 9.47 Å². The van der Waals surface area contributed by atoms with Crippen molar-refractivity contribution in [2.45, 2.75) is 45.0 Å². The van der Waals surface area contributed by atoms with Gasteiger partial charge in [-0.3, -0.25) is 4.79 Å². The molecule has 1 aliphatic rings. The van der Waals surface area contributed by atoms with Crippen LogP contribution in [0.4, 0.5) is 0 Å². The summed E-state index contributed by atoms with van der Waals surface area (Å²) in [5, 5.41) is 0. The van der Waals surface area contributed by atoms with Crippen LogP contribution in [0.25, 0.3) is 0 Å². The Bertz CT molecular complexity index is 304. The van der Waals surface area contributed by atoms with Gasteiger partial charge in [-0.1, -0.05) is 19.1 Å². The molecule has 0 saturated carbocycles. The molecule has 3 heteroatoms. The first-order valence-corrected chi connectivity index (χ1v) is 5.62. The molecular weight excluding hydrogens is 204 g/mol. The summed E-state index contributed by atoms with van der Waals surface area (Å²) in [6, 6.07) is 0. The van der Waals surface area contributed by atoms with E-state index in [0.717, 1.165) is 6.42 Å². The second-order valence-electron chi connectivity index (χ2n) is 4.41. The van der Waals surface area contributed by atoms with Crippen LogP contribution in [-0.2, 0) is 14.3 Å². The second-order valence-corrected chi connectivity index (χ2v) is 4.41. The molecule has 0 aromatic carbocycles. The molecule has 1 saturated heterocycles. The molecule has 0 amide bonds. The van der Waals surface area contributed by atoms with Crippen LogP contribution in [0.2, 0.25) is 0 Å². The molecule has 16 heavy (non-hydrogen) atoms. The van der Waals surface area contributed by atoms with Crippen molar-refractivity contribution in [3.8, 4) is 0 Å². The highest BCUT2D eigenvalue weighted by Gasteiger charge is 2.45. The highest BCUT2D eigenvalue weighted by molar-refractivity contribution is 5.91. The van der Waals surface area contributed by atoms with Crippen molar-refractivity contribution in [3.05, 3.63) is 24.8 Å². The summed E-state index contributed by atoms with van der Waals surface area (Å²) in [5.41, 5.74) is -0.889. The molecule has 90 valence electrons. The average molecular weight is 224 g/mol. The molecule has 0 aromatic rings. The van der Waals surface area contributed by atoms with E-state index < -0.39 is 11.4 Å². The zero-order valence-electron chi connectivity index (χ0n) is 10.3. The van der Waals surface area contributed by atoms with Crippen LogP contribution < -0.4 is 0 Å². The number of allylic oxidation sites excluding steroid dienone is 1. The van der Waals surface area contributed by atoms with Crippen molar-refractivity contribution in [2.24, 2.45) is 0 Å². The summed E-state index contributed by atoms with van der Waals surface area (Å²) in [7, 11) is 0. The van der Waals surface area contributed by atoms with Crippen molar-refractivity contribution >= 4 is 5.78 Å². The minimum atomic E-state index is -0.889. The van der Waals surface area contributed by atoms with Crippen LogP contribution in [0.3, 0.4) is 0 Å². The van der Waals surface area contributed by atoms with Crippen LogP contribution in [0.15, 0.2) is 24.8 Å². The van der Waals surface area contributed by atoms with Gasteiger partial charge in [-0.2, -0.15) is 0 Å². The zero-order chi connectivity index (χ0) is 12.2. The standard InChI is InChI=1S/C13H20O3/c1-5-7-9-13(8-6-2)11(14)10-15-12(3,4)16-13/h6-7,9H,2,5,8,10H2,1,3-4H3/b9-7+/t13-/m1/s1. The first-order valence-electron chi connectivity index (χ1n) is 5.62. The zero-order valence-corrected chi connectivity index (χ0v) is 10.3. The number of rotatable bonds is 4. The monoisotopic (exact) mass is 224 g/mol. The van der Waals surface area contributed by atoms with Crippen LogP contribution >= 0.6 is 0 Å². The molecule has 0 aromatic heterocycles. The van der Waals surface area contributed by atoms with E-state index in [4.69, 9.17) is 9.47 Å². The third kappa shape index (κ3) is 2.80. The maximum atomic E-state index is 12.0. The Morgan fingerprint density at radius 2 is 2.19 bits per heavy atom. The molecule has 0 spiro atoms. The van der Waals surface area contributed by atoms with Gasteiger partial charge in [0.15, 0.2) is 17.2 Å². The Kier molecular flexibility index (Phi) is 4.05. The van der Waals surface area contributed by atoms with Gasteiger partial charge in [0, 0.05) is 6.42 Å². The van der Waals surface area contributed by atoms with E-state index in [1.165, 1.54) is 0 Å². The molecular formula is C13H20O3. The smallest absolute Gasteiger partial charge is 0.194 e. The predicted octanol–water partition coefficient (Wildman–Crippen LogP) is 2.62. The summed E-state index contributed by atoms with van der Waals surface area (Å²) in [4.78, 5) is 12.0. The summed E-state index contributed by atoms with van der Waals surface area (Å²) < 4.78 is 11.1. The topological polar surface area (TPSA) is 35.5 Å². The number of ketones is 1. The molecule has 1 rings (SSSR count). The molecule has 0 unspecified atom stereocenters. The number of carbonyl (C=O) groups is 1. The van der Waals surface area contributed by atoms with Gasteiger partial charge in [0.2, 0.25) is 0 Å². The van der Waals surface area contributed by atoms with Crippen LogP contribution in [0.1, 0.15) is 33.6 Å². The highest BCUT2D eigenvalue weighted by atomic mass is 16.7. The molecule has 0 bridgehead atoms. The van der Waals surface area contributed by atoms with E-state index in [0.29, 0.717) is 6.42 Å². The van der Waals surface area contributed by atoms with Gasteiger partial charge in [-0.05, 0) is 26.3 Å². The highest BCUT2D eigenvalue weighted by Crippen LogP contribution is 2.32. The Labute approximate surface area is 97.1 Å². The van der Waals surface area contributed by atoms with Gasteiger partial charge in [-0.25, -0.2) is 0 Å². The lowest BCUT2D eigenvalue weighted by Crippen LogP contribution is -2.54. The maximum Gasteiger partial charge on any atom is 0.194 e. The molecule has 0 radical (unpaired) electrons. The van der Waals surface area contributed by atoms with Crippen molar-refractivity contribution in [2.75, 3.05) is 6.61 Å². The van der Waals surface area contributed by atoms with Crippen LogP contribution in [-0.4, -0.2) is 23.8 Å². The van der Waals surface area contributed by atoms with E-state index in [2.05, 4.69) is 6.58 Å². The number of hydrogen-bond acceptors (Lipinski definition) is 3. The molecule has 1 atom stereocenters. The minimum absolute atomic E-state index is 0.0450. The first kappa shape index (κ1) is 13.1. The van der Waals surface area contributed by atoms with Gasteiger partial charge in [-0.15, -0.1) is 6.58 Å². The summed E-state index contributed by atoms with van der Waals surface area (Å²) in [6.07, 6.45) is 6.84. The third-order valence-corrected chi connectivity index (χ3v) is 2.52. The Morgan fingerprint density at radius 1 is 1.50 bits per heavy atom. The quantitative estimate of drug-likeness (QED) is 0.689. The molecule has 0 aliphatic carbocycles. The fraction of sp³-hybridized carbons (Fsp3) is 0.615. The summed E-state index contributed by atoms with van der Waals surface area (Å²) in [5.74, 6) is -0.772. The number of Topliss-reactive ketones (excluding diaryl/α,β-unsaturated/α-hetero) is 1. The van der Waals surface area contributed by atoms with Gasteiger partial charge >= 0.3 is 0 Å². The Hall–Kier alpha value is -0.930. The van der Waals surface area contributed by atoms with E-state index in [1.807, 2.05) is 32.9 Å². The van der Waals surface area contributed by atoms with E-state index in [9.17, 15) is 4.79 Å². The average Bonchev–Trinajstić information content (AvgIpc) is 2.21. The van der Waals surface area contributed by atoms with Crippen LogP contribution in [0, 0.1) is 0 Å². The predicted molar refractivity (Wildman–Crippen MR) is 63.1 cm³/mol. The van der Waals surface area contributed by atoms with Gasteiger partial charge in [0.25, 0.3) is 0 Å². The number of ether oxygens (including phenoxy) is 2. The minimum Gasteiger partial charge on any atom is -0.343 e. The Balaban J connectivity index is 2.99. The van der Waals surface area contributed by atoms with E-state index >= 15 is 0 Å². The summed E-state index contributed by atoms with van der Waals surface area (Å²) >= 11 is 0.